The molecule has 1 unspecified atom stereocenters. The maximum atomic E-state index is 6.07. The van der Waals surface area contributed by atoms with Crippen LogP contribution in [-0.2, 0) is 0 Å². The number of hydrogen-bond donors (Lipinski definition) is 1. The van der Waals surface area contributed by atoms with E-state index in [4.69, 9.17) is 11.6 Å². The van der Waals surface area contributed by atoms with Crippen molar-refractivity contribution in [3.8, 4) is 0 Å². The van der Waals surface area contributed by atoms with Gasteiger partial charge >= 0.3 is 0 Å². The smallest absolute Gasteiger partial charge is 0.0426 e. The van der Waals surface area contributed by atoms with Crippen LogP contribution >= 0.6 is 11.6 Å². The molecule has 4 heteroatoms. The second-order valence-electron chi connectivity index (χ2n) is 4.95. The third-order valence-electron chi connectivity index (χ3n) is 3.68. The Labute approximate surface area is 115 Å². The van der Waals surface area contributed by atoms with Crippen molar-refractivity contribution in [1.29, 1.82) is 0 Å². The van der Waals surface area contributed by atoms with Gasteiger partial charge in [-0.2, -0.15) is 0 Å². The lowest BCUT2D eigenvalue weighted by atomic mass is 10.1. The van der Waals surface area contributed by atoms with Gasteiger partial charge in [0.2, 0.25) is 0 Å². The summed E-state index contributed by atoms with van der Waals surface area (Å²) in [4.78, 5) is 4.89. The Morgan fingerprint density at radius 2 is 2.22 bits per heavy atom. The van der Waals surface area contributed by atoms with Gasteiger partial charge in [0.1, 0.15) is 0 Å². The Morgan fingerprint density at radius 1 is 1.39 bits per heavy atom. The van der Waals surface area contributed by atoms with Gasteiger partial charge in [-0.05, 0) is 45.3 Å². The largest absolute Gasteiger partial charge is 0.369 e. The summed E-state index contributed by atoms with van der Waals surface area (Å²) in [5, 5.41) is 4.05. The zero-order valence-electron chi connectivity index (χ0n) is 11.2. The Balaban J connectivity index is 2.02. The molecule has 0 aromatic heterocycles. The van der Waals surface area contributed by atoms with Crippen molar-refractivity contribution in [3.63, 3.8) is 0 Å². The van der Waals surface area contributed by atoms with Crippen LogP contribution in [0.3, 0.4) is 0 Å². The monoisotopic (exact) mass is 267 g/mol. The standard InChI is InChI=1S/C14H22ClN3/c1-16-7-6-14-11-18(9-8-17(14)2)13-5-3-4-12(15)10-13/h3-5,10,14,16H,6-9,11H2,1-2H3. The van der Waals surface area contributed by atoms with Gasteiger partial charge in [-0.15, -0.1) is 0 Å². The normalized spacial score (nSPS) is 21.3. The molecule has 1 aromatic rings. The Hall–Kier alpha value is -0.770. The van der Waals surface area contributed by atoms with Crippen LogP contribution in [0.4, 0.5) is 5.69 Å². The van der Waals surface area contributed by atoms with E-state index in [0.717, 1.165) is 31.2 Å². The average molecular weight is 268 g/mol. The highest BCUT2D eigenvalue weighted by molar-refractivity contribution is 6.30. The molecule has 0 amide bonds. The van der Waals surface area contributed by atoms with Crippen LogP contribution in [0.15, 0.2) is 24.3 Å². The molecule has 0 radical (unpaired) electrons. The van der Waals surface area contributed by atoms with Crippen molar-refractivity contribution in [2.45, 2.75) is 12.5 Å². The van der Waals surface area contributed by atoms with E-state index >= 15 is 0 Å². The maximum Gasteiger partial charge on any atom is 0.0426 e. The lowest BCUT2D eigenvalue weighted by Gasteiger charge is -2.40. The molecule has 18 heavy (non-hydrogen) atoms. The van der Waals surface area contributed by atoms with Crippen molar-refractivity contribution >= 4 is 17.3 Å². The molecule has 0 saturated carbocycles. The molecule has 1 atom stereocenters. The number of halogens is 1. The van der Waals surface area contributed by atoms with Crippen molar-refractivity contribution in [3.05, 3.63) is 29.3 Å². The number of likely N-dealkylation sites (N-methyl/N-ethyl adjacent to an activating group) is 1. The average Bonchev–Trinajstić information content (AvgIpc) is 2.38. The Bertz CT molecular complexity index is 383. The fourth-order valence-electron chi connectivity index (χ4n) is 2.48. The number of hydrogen-bond acceptors (Lipinski definition) is 3. The van der Waals surface area contributed by atoms with E-state index in [-0.39, 0.29) is 0 Å². The molecule has 1 aliphatic rings. The molecule has 0 spiro atoms. The lowest BCUT2D eigenvalue weighted by molar-refractivity contribution is 0.208. The summed E-state index contributed by atoms with van der Waals surface area (Å²) in [5.74, 6) is 0. The van der Waals surface area contributed by atoms with Crippen LogP contribution in [0, 0.1) is 0 Å². The minimum atomic E-state index is 0.616. The molecule has 100 valence electrons. The molecule has 1 saturated heterocycles. The molecule has 3 nitrogen and oxygen atoms in total. The lowest BCUT2D eigenvalue weighted by Crippen LogP contribution is -2.52. The summed E-state index contributed by atoms with van der Waals surface area (Å²) in [6, 6.07) is 8.78. The van der Waals surface area contributed by atoms with Crippen LogP contribution in [0.5, 0.6) is 0 Å². The number of rotatable bonds is 4. The summed E-state index contributed by atoms with van der Waals surface area (Å²) in [6.07, 6.45) is 1.18. The van der Waals surface area contributed by atoms with E-state index < -0.39 is 0 Å². The van der Waals surface area contributed by atoms with Gasteiger partial charge in [0.15, 0.2) is 0 Å². The molecule has 1 heterocycles. The number of anilines is 1. The zero-order chi connectivity index (χ0) is 13.0. The van der Waals surface area contributed by atoms with Gasteiger partial charge in [0.05, 0.1) is 0 Å². The maximum absolute atomic E-state index is 6.07. The minimum Gasteiger partial charge on any atom is -0.369 e. The first kappa shape index (κ1) is 13.7. The van der Waals surface area contributed by atoms with Crippen molar-refractivity contribution in [2.75, 3.05) is 45.2 Å². The van der Waals surface area contributed by atoms with Crippen molar-refractivity contribution in [2.24, 2.45) is 0 Å². The number of piperazine rings is 1. The van der Waals surface area contributed by atoms with Gasteiger partial charge in [-0.3, -0.25) is 4.90 Å². The molecule has 0 bridgehead atoms. The van der Waals surface area contributed by atoms with Crippen molar-refractivity contribution in [1.82, 2.24) is 10.2 Å². The quantitative estimate of drug-likeness (QED) is 0.901. The van der Waals surface area contributed by atoms with Crippen LogP contribution in [0.1, 0.15) is 6.42 Å². The fraction of sp³-hybridized carbons (Fsp3) is 0.571. The first-order valence-corrected chi connectivity index (χ1v) is 6.94. The highest BCUT2D eigenvalue weighted by Gasteiger charge is 2.23. The summed E-state index contributed by atoms with van der Waals surface area (Å²) in [7, 11) is 4.23. The molecule has 1 aliphatic heterocycles. The summed E-state index contributed by atoms with van der Waals surface area (Å²) in [5.41, 5.74) is 1.24. The summed E-state index contributed by atoms with van der Waals surface area (Å²) >= 11 is 6.07. The third-order valence-corrected chi connectivity index (χ3v) is 3.91. The van der Waals surface area contributed by atoms with Crippen LogP contribution < -0.4 is 10.2 Å². The third kappa shape index (κ3) is 3.37. The second-order valence-corrected chi connectivity index (χ2v) is 5.39. The molecule has 1 aromatic carbocycles. The van der Waals surface area contributed by atoms with E-state index in [9.17, 15) is 0 Å². The first-order chi connectivity index (χ1) is 8.70. The molecule has 0 aliphatic carbocycles. The molecule has 1 N–H and O–H groups in total. The van der Waals surface area contributed by atoms with E-state index in [2.05, 4.69) is 34.3 Å². The van der Waals surface area contributed by atoms with E-state index in [1.807, 2.05) is 19.2 Å². The second kappa shape index (κ2) is 6.41. The zero-order valence-corrected chi connectivity index (χ0v) is 12.0. The highest BCUT2D eigenvalue weighted by atomic mass is 35.5. The predicted octanol–water partition coefficient (Wildman–Crippen LogP) is 2.07. The summed E-state index contributed by atoms with van der Waals surface area (Å²) < 4.78 is 0. The highest BCUT2D eigenvalue weighted by Crippen LogP contribution is 2.22. The topological polar surface area (TPSA) is 18.5 Å². The van der Waals surface area contributed by atoms with Gasteiger partial charge in [0, 0.05) is 36.4 Å². The van der Waals surface area contributed by atoms with Gasteiger partial charge in [-0.1, -0.05) is 17.7 Å². The molecule has 2 rings (SSSR count). The molecular formula is C14H22ClN3. The molecular weight excluding hydrogens is 246 g/mol. The van der Waals surface area contributed by atoms with Gasteiger partial charge in [-0.25, -0.2) is 0 Å². The fourth-order valence-corrected chi connectivity index (χ4v) is 2.66. The Kier molecular flexibility index (Phi) is 4.87. The van der Waals surface area contributed by atoms with Crippen LogP contribution in [-0.4, -0.2) is 51.2 Å². The predicted molar refractivity (Wildman–Crippen MR) is 78.6 cm³/mol. The number of benzene rings is 1. The summed E-state index contributed by atoms with van der Waals surface area (Å²) in [6.45, 7) is 4.34. The number of nitrogens with one attached hydrogen (secondary N) is 1. The first-order valence-electron chi connectivity index (χ1n) is 6.56. The number of nitrogens with zero attached hydrogens (tertiary/aromatic N) is 2. The van der Waals surface area contributed by atoms with Crippen LogP contribution in [0.2, 0.25) is 5.02 Å². The van der Waals surface area contributed by atoms with Gasteiger partial charge < -0.3 is 10.2 Å². The van der Waals surface area contributed by atoms with E-state index in [1.165, 1.54) is 12.1 Å². The minimum absolute atomic E-state index is 0.616. The van der Waals surface area contributed by atoms with Crippen LogP contribution in [0.25, 0.3) is 0 Å². The Morgan fingerprint density at radius 3 is 2.94 bits per heavy atom. The molecule has 1 fully saturated rings. The van der Waals surface area contributed by atoms with E-state index in [0.29, 0.717) is 6.04 Å². The SMILES string of the molecule is CNCCC1CN(c2cccc(Cl)c2)CCN1C. The van der Waals surface area contributed by atoms with Crippen molar-refractivity contribution < 1.29 is 0 Å². The van der Waals surface area contributed by atoms with Gasteiger partial charge in [0.25, 0.3) is 0 Å². The van der Waals surface area contributed by atoms with E-state index in [1.54, 1.807) is 0 Å².